The monoisotopic (exact) mass is 255 g/mol. The Bertz CT molecular complexity index is 432. The van der Waals surface area contributed by atoms with Crippen molar-refractivity contribution in [3.8, 4) is 0 Å². The minimum atomic E-state index is -0.692. The van der Waals surface area contributed by atoms with Gasteiger partial charge in [0.2, 0.25) is 0 Å². The summed E-state index contributed by atoms with van der Waals surface area (Å²) in [6.07, 6.45) is 0. The lowest BCUT2D eigenvalue weighted by Crippen LogP contribution is -2.42. The fourth-order valence-corrected chi connectivity index (χ4v) is 1.34. The van der Waals surface area contributed by atoms with Crippen LogP contribution in [0.25, 0.3) is 0 Å². The minimum Gasteiger partial charge on any atom is -0.465 e. The van der Waals surface area contributed by atoms with Crippen LogP contribution in [0.5, 0.6) is 0 Å². The van der Waals surface area contributed by atoms with Crippen molar-refractivity contribution in [3.05, 3.63) is 35.1 Å². The van der Waals surface area contributed by atoms with Crippen molar-refractivity contribution in [3.63, 3.8) is 0 Å². The zero-order valence-corrected chi connectivity index (χ0v) is 10.8. The number of hydrogen-bond acceptors (Lipinski definition) is 4. The second kappa shape index (κ2) is 5.93. The number of esters is 1. The van der Waals surface area contributed by atoms with Crippen LogP contribution < -0.4 is 5.32 Å². The van der Waals surface area contributed by atoms with Crippen LogP contribution in [0.1, 0.15) is 29.8 Å². The van der Waals surface area contributed by atoms with E-state index in [0.29, 0.717) is 12.1 Å². The minimum absolute atomic E-state index is 0.0181. The Labute approximate surface area is 106 Å². The number of aliphatic hydroxyl groups excluding tert-OH is 1. The molecule has 1 rings (SSSR count). The molecule has 0 spiro atoms. The summed E-state index contributed by atoms with van der Waals surface area (Å²) >= 11 is 0. The number of methoxy groups -OCH3 is 1. The summed E-state index contributed by atoms with van der Waals surface area (Å²) in [7, 11) is 1.21. The van der Waals surface area contributed by atoms with Crippen LogP contribution in [0.4, 0.5) is 4.39 Å². The van der Waals surface area contributed by atoms with Gasteiger partial charge in [0.05, 0.1) is 19.3 Å². The Hall–Kier alpha value is -1.46. The number of aliphatic hydroxyl groups is 1. The highest BCUT2D eigenvalue weighted by atomic mass is 19.1. The number of halogens is 1. The van der Waals surface area contributed by atoms with Gasteiger partial charge in [0.1, 0.15) is 5.82 Å². The number of benzene rings is 1. The van der Waals surface area contributed by atoms with Crippen molar-refractivity contribution in [1.29, 1.82) is 0 Å². The first-order valence-electron chi connectivity index (χ1n) is 5.62. The molecular weight excluding hydrogens is 237 g/mol. The third-order valence-electron chi connectivity index (χ3n) is 2.61. The average Bonchev–Trinajstić information content (AvgIpc) is 2.36. The van der Waals surface area contributed by atoms with Crippen LogP contribution in [0, 0.1) is 5.82 Å². The normalized spacial score (nSPS) is 11.4. The molecule has 0 heterocycles. The quantitative estimate of drug-likeness (QED) is 0.782. The van der Waals surface area contributed by atoms with E-state index in [2.05, 4.69) is 10.1 Å². The van der Waals surface area contributed by atoms with Gasteiger partial charge >= 0.3 is 5.97 Å². The first-order valence-corrected chi connectivity index (χ1v) is 5.62. The van der Waals surface area contributed by atoms with Crippen molar-refractivity contribution >= 4 is 5.97 Å². The molecule has 0 atom stereocenters. The van der Waals surface area contributed by atoms with Crippen LogP contribution in [-0.2, 0) is 11.3 Å². The predicted molar refractivity (Wildman–Crippen MR) is 65.7 cm³/mol. The van der Waals surface area contributed by atoms with Gasteiger partial charge in [0, 0.05) is 12.1 Å². The predicted octanol–water partition coefficient (Wildman–Crippen LogP) is 1.47. The molecule has 0 amide bonds. The van der Waals surface area contributed by atoms with Gasteiger partial charge in [0.15, 0.2) is 0 Å². The van der Waals surface area contributed by atoms with Gasteiger partial charge in [-0.2, -0.15) is 0 Å². The molecule has 0 unspecified atom stereocenters. The van der Waals surface area contributed by atoms with E-state index in [9.17, 15) is 9.18 Å². The molecule has 1 aromatic rings. The maximum absolute atomic E-state index is 13.6. The van der Waals surface area contributed by atoms with Crippen LogP contribution >= 0.6 is 0 Å². The molecule has 0 aliphatic carbocycles. The third kappa shape index (κ3) is 3.78. The van der Waals surface area contributed by atoms with Crippen LogP contribution in [0.15, 0.2) is 18.2 Å². The molecule has 18 heavy (non-hydrogen) atoms. The highest BCUT2D eigenvalue weighted by molar-refractivity contribution is 5.89. The smallest absolute Gasteiger partial charge is 0.340 e. The second-order valence-corrected chi connectivity index (χ2v) is 4.70. The standard InChI is InChI=1S/C13H18FNO3/c1-13(2,8-16)15-7-9-4-5-10(11(14)6-9)12(17)18-3/h4-6,15-16H,7-8H2,1-3H3. The van der Waals surface area contributed by atoms with Crippen molar-refractivity contribution in [1.82, 2.24) is 5.32 Å². The molecule has 0 bridgehead atoms. The molecule has 2 N–H and O–H groups in total. The van der Waals surface area contributed by atoms with Crippen LogP contribution in [0.2, 0.25) is 0 Å². The number of ether oxygens (including phenoxy) is 1. The van der Waals surface area contributed by atoms with Crippen molar-refractivity contribution in [2.24, 2.45) is 0 Å². The SMILES string of the molecule is COC(=O)c1ccc(CNC(C)(C)CO)cc1F. The summed E-state index contributed by atoms with van der Waals surface area (Å²) in [5.74, 6) is -1.30. The fraction of sp³-hybridized carbons (Fsp3) is 0.462. The largest absolute Gasteiger partial charge is 0.465 e. The topological polar surface area (TPSA) is 58.6 Å². The summed E-state index contributed by atoms with van der Waals surface area (Å²) < 4.78 is 18.1. The number of rotatable bonds is 5. The van der Waals surface area contributed by atoms with E-state index in [0.717, 1.165) is 0 Å². The van der Waals surface area contributed by atoms with Crippen LogP contribution in [-0.4, -0.2) is 30.3 Å². The Kier molecular flexibility index (Phi) is 4.81. The lowest BCUT2D eigenvalue weighted by molar-refractivity contribution is 0.0595. The second-order valence-electron chi connectivity index (χ2n) is 4.70. The Morgan fingerprint density at radius 3 is 2.67 bits per heavy atom. The van der Waals surface area contributed by atoms with Gasteiger partial charge in [0.25, 0.3) is 0 Å². The molecule has 0 aliphatic heterocycles. The molecule has 1 aromatic carbocycles. The lowest BCUT2D eigenvalue weighted by atomic mass is 10.1. The van der Waals surface area contributed by atoms with E-state index in [1.807, 2.05) is 13.8 Å². The third-order valence-corrected chi connectivity index (χ3v) is 2.61. The van der Waals surface area contributed by atoms with Crippen LogP contribution in [0.3, 0.4) is 0 Å². The average molecular weight is 255 g/mol. The van der Waals surface area contributed by atoms with Crippen molar-refractivity contribution in [2.45, 2.75) is 25.9 Å². The van der Waals surface area contributed by atoms with E-state index in [1.165, 1.54) is 19.2 Å². The molecule has 100 valence electrons. The summed E-state index contributed by atoms with van der Waals surface area (Å²) in [6.45, 7) is 4.07. The molecule has 0 radical (unpaired) electrons. The van der Waals surface area contributed by atoms with Gasteiger partial charge in [-0.25, -0.2) is 9.18 Å². The molecule has 5 heteroatoms. The number of carbonyl (C=O) groups is 1. The van der Waals surface area contributed by atoms with Gasteiger partial charge < -0.3 is 15.2 Å². The van der Waals surface area contributed by atoms with E-state index in [4.69, 9.17) is 5.11 Å². The zero-order chi connectivity index (χ0) is 13.8. The molecule has 0 saturated heterocycles. The molecule has 4 nitrogen and oxygen atoms in total. The summed E-state index contributed by atoms with van der Waals surface area (Å²) in [6, 6.07) is 4.33. The molecular formula is C13H18FNO3. The Morgan fingerprint density at radius 1 is 1.50 bits per heavy atom. The highest BCUT2D eigenvalue weighted by Gasteiger charge is 2.16. The summed E-state index contributed by atoms with van der Waals surface area (Å²) in [4.78, 5) is 11.2. The van der Waals surface area contributed by atoms with Gasteiger partial charge in [-0.1, -0.05) is 6.07 Å². The van der Waals surface area contributed by atoms with E-state index in [-0.39, 0.29) is 12.2 Å². The first-order chi connectivity index (χ1) is 8.39. The summed E-state index contributed by atoms with van der Waals surface area (Å²) in [5, 5.41) is 12.2. The van der Waals surface area contributed by atoms with Crippen molar-refractivity contribution < 1.29 is 19.0 Å². The first kappa shape index (κ1) is 14.6. The Balaban J connectivity index is 2.76. The van der Waals surface area contributed by atoms with E-state index in [1.54, 1.807) is 6.07 Å². The molecule has 0 saturated carbocycles. The highest BCUT2D eigenvalue weighted by Crippen LogP contribution is 2.12. The fourth-order valence-electron chi connectivity index (χ4n) is 1.34. The summed E-state index contributed by atoms with van der Waals surface area (Å²) in [5.41, 5.74) is 0.182. The van der Waals surface area contributed by atoms with E-state index >= 15 is 0 Å². The Morgan fingerprint density at radius 2 is 2.17 bits per heavy atom. The van der Waals surface area contributed by atoms with Crippen molar-refractivity contribution in [2.75, 3.05) is 13.7 Å². The van der Waals surface area contributed by atoms with Gasteiger partial charge in [-0.3, -0.25) is 0 Å². The molecule has 0 fully saturated rings. The number of carbonyl (C=O) groups excluding carboxylic acids is 1. The van der Waals surface area contributed by atoms with Gasteiger partial charge in [-0.05, 0) is 31.5 Å². The number of hydrogen-bond donors (Lipinski definition) is 2. The lowest BCUT2D eigenvalue weighted by Gasteiger charge is -2.23. The number of nitrogens with one attached hydrogen (secondary N) is 1. The zero-order valence-electron chi connectivity index (χ0n) is 10.8. The van der Waals surface area contributed by atoms with Gasteiger partial charge in [-0.15, -0.1) is 0 Å². The maximum atomic E-state index is 13.6. The maximum Gasteiger partial charge on any atom is 0.340 e. The molecule has 0 aromatic heterocycles. The molecule has 0 aliphatic rings. The van der Waals surface area contributed by atoms with E-state index < -0.39 is 17.3 Å².